The van der Waals surface area contributed by atoms with E-state index in [0.717, 1.165) is 6.42 Å². The maximum Gasteiger partial charge on any atom is 0.305 e. The minimum Gasteiger partial charge on any atom is -0.455 e. The number of furan rings is 1. The topological polar surface area (TPSA) is 126 Å². The SMILES string of the molecule is Cc1c(C(=O)NNC(=O)c2ccccc2Br)oc2c1/C(=N/NC(=O)c1ccncc1)CCC2. The van der Waals surface area contributed by atoms with Crippen molar-refractivity contribution in [2.45, 2.75) is 26.2 Å². The highest BCUT2D eigenvalue weighted by Gasteiger charge is 2.28. The summed E-state index contributed by atoms with van der Waals surface area (Å²) in [7, 11) is 0. The summed E-state index contributed by atoms with van der Waals surface area (Å²) in [6.45, 7) is 1.75. The Labute approximate surface area is 197 Å². The molecule has 1 aliphatic rings. The number of pyridine rings is 1. The van der Waals surface area contributed by atoms with E-state index in [2.05, 4.69) is 42.3 Å². The van der Waals surface area contributed by atoms with Crippen molar-refractivity contribution in [1.82, 2.24) is 21.3 Å². The molecule has 9 nitrogen and oxygen atoms in total. The Kier molecular flexibility index (Phi) is 6.64. The largest absolute Gasteiger partial charge is 0.455 e. The predicted molar refractivity (Wildman–Crippen MR) is 124 cm³/mol. The Hall–Kier alpha value is -3.79. The Morgan fingerprint density at radius 2 is 1.73 bits per heavy atom. The number of nitrogens with one attached hydrogen (secondary N) is 3. The molecule has 0 saturated heterocycles. The number of aryl methyl sites for hydroxylation is 1. The highest BCUT2D eigenvalue weighted by Crippen LogP contribution is 2.29. The van der Waals surface area contributed by atoms with Crippen molar-refractivity contribution in [1.29, 1.82) is 0 Å². The number of nitrogens with zero attached hydrogens (tertiary/aromatic N) is 2. The lowest BCUT2D eigenvalue weighted by molar-refractivity contribution is 0.0829. The molecule has 168 valence electrons. The fourth-order valence-electron chi connectivity index (χ4n) is 3.57. The zero-order chi connectivity index (χ0) is 23.4. The van der Waals surface area contributed by atoms with Gasteiger partial charge < -0.3 is 4.42 Å². The highest BCUT2D eigenvalue weighted by molar-refractivity contribution is 9.10. The fraction of sp³-hybridized carbons (Fsp3) is 0.174. The number of aromatic nitrogens is 1. The van der Waals surface area contributed by atoms with E-state index in [1.165, 1.54) is 12.4 Å². The van der Waals surface area contributed by atoms with Gasteiger partial charge in [-0.15, -0.1) is 0 Å². The van der Waals surface area contributed by atoms with Crippen molar-refractivity contribution in [2.24, 2.45) is 5.10 Å². The van der Waals surface area contributed by atoms with Gasteiger partial charge in [-0.1, -0.05) is 12.1 Å². The molecule has 0 bridgehead atoms. The zero-order valence-electron chi connectivity index (χ0n) is 17.6. The minimum atomic E-state index is -0.581. The Balaban J connectivity index is 1.49. The molecule has 0 radical (unpaired) electrons. The number of amides is 3. The highest BCUT2D eigenvalue weighted by atomic mass is 79.9. The summed E-state index contributed by atoms with van der Waals surface area (Å²) >= 11 is 3.31. The molecule has 2 aromatic heterocycles. The number of carbonyl (C=O) groups excluding carboxylic acids is 3. The van der Waals surface area contributed by atoms with Crippen molar-refractivity contribution in [2.75, 3.05) is 0 Å². The van der Waals surface area contributed by atoms with E-state index in [4.69, 9.17) is 4.42 Å². The van der Waals surface area contributed by atoms with E-state index < -0.39 is 11.8 Å². The zero-order valence-corrected chi connectivity index (χ0v) is 19.2. The summed E-state index contributed by atoms with van der Waals surface area (Å²) in [5.41, 5.74) is 10.1. The maximum absolute atomic E-state index is 12.7. The van der Waals surface area contributed by atoms with Gasteiger partial charge in [0, 0.05) is 40.0 Å². The summed E-state index contributed by atoms with van der Waals surface area (Å²) in [4.78, 5) is 41.3. The van der Waals surface area contributed by atoms with Crippen LogP contribution >= 0.6 is 15.9 Å². The lowest BCUT2D eigenvalue weighted by Crippen LogP contribution is -2.41. The normalized spacial score (nSPS) is 13.8. The molecule has 0 unspecified atom stereocenters. The first-order chi connectivity index (χ1) is 16.0. The second-order valence-corrected chi connectivity index (χ2v) is 8.19. The van der Waals surface area contributed by atoms with Crippen LogP contribution in [-0.2, 0) is 6.42 Å². The summed E-state index contributed by atoms with van der Waals surface area (Å²) in [6, 6.07) is 10.1. The average Bonchev–Trinajstić information content (AvgIpc) is 3.18. The van der Waals surface area contributed by atoms with Crippen molar-refractivity contribution in [3.8, 4) is 0 Å². The quantitative estimate of drug-likeness (QED) is 0.465. The molecule has 3 amide bonds. The molecule has 2 heterocycles. The van der Waals surface area contributed by atoms with Crippen LogP contribution in [-0.4, -0.2) is 28.4 Å². The van der Waals surface area contributed by atoms with E-state index >= 15 is 0 Å². The first-order valence-corrected chi connectivity index (χ1v) is 11.0. The van der Waals surface area contributed by atoms with Gasteiger partial charge in [-0.3, -0.25) is 30.2 Å². The molecule has 4 rings (SSSR count). The Bertz CT molecular complexity index is 1250. The number of rotatable bonds is 4. The summed E-state index contributed by atoms with van der Waals surface area (Å²) in [6.07, 6.45) is 5.10. The van der Waals surface area contributed by atoms with Gasteiger partial charge in [-0.2, -0.15) is 5.10 Å². The summed E-state index contributed by atoms with van der Waals surface area (Å²) in [5.74, 6) is -0.695. The van der Waals surface area contributed by atoms with Crippen LogP contribution < -0.4 is 16.3 Å². The molecule has 0 fully saturated rings. The van der Waals surface area contributed by atoms with Crippen molar-refractivity contribution in [3.05, 3.63) is 87.0 Å². The first kappa shape index (κ1) is 22.4. The smallest absolute Gasteiger partial charge is 0.305 e. The van der Waals surface area contributed by atoms with Crippen LogP contribution in [0.25, 0.3) is 0 Å². The van der Waals surface area contributed by atoms with E-state index in [-0.39, 0.29) is 11.7 Å². The second kappa shape index (κ2) is 9.78. The van der Waals surface area contributed by atoms with E-state index in [0.29, 0.717) is 51.0 Å². The molecule has 0 saturated carbocycles. The van der Waals surface area contributed by atoms with Gasteiger partial charge in [0.15, 0.2) is 5.76 Å². The maximum atomic E-state index is 12.7. The van der Waals surface area contributed by atoms with Crippen LogP contribution in [0.1, 0.15) is 61.0 Å². The van der Waals surface area contributed by atoms with E-state index in [1.54, 1.807) is 43.3 Å². The number of halogens is 1. The molecule has 0 aliphatic heterocycles. The van der Waals surface area contributed by atoms with Crippen LogP contribution in [0.3, 0.4) is 0 Å². The monoisotopic (exact) mass is 509 g/mol. The number of carbonyl (C=O) groups is 3. The van der Waals surface area contributed by atoms with Gasteiger partial charge in [0.2, 0.25) is 0 Å². The van der Waals surface area contributed by atoms with Gasteiger partial charge in [-0.25, -0.2) is 5.43 Å². The number of fused-ring (bicyclic) bond motifs is 1. The van der Waals surface area contributed by atoms with Crippen LogP contribution in [0, 0.1) is 6.92 Å². The number of benzene rings is 1. The lowest BCUT2D eigenvalue weighted by atomic mass is 9.93. The second-order valence-electron chi connectivity index (χ2n) is 7.33. The van der Waals surface area contributed by atoms with Crippen molar-refractivity contribution < 1.29 is 18.8 Å². The molecule has 3 aromatic rings. The number of hydrogen-bond donors (Lipinski definition) is 3. The van der Waals surface area contributed by atoms with Gasteiger partial charge >= 0.3 is 5.91 Å². The third-order valence-electron chi connectivity index (χ3n) is 5.17. The fourth-order valence-corrected chi connectivity index (χ4v) is 4.03. The molecule has 10 heteroatoms. The third kappa shape index (κ3) is 4.85. The van der Waals surface area contributed by atoms with Crippen LogP contribution in [0.5, 0.6) is 0 Å². The summed E-state index contributed by atoms with van der Waals surface area (Å²) < 4.78 is 6.42. The Morgan fingerprint density at radius 3 is 2.48 bits per heavy atom. The van der Waals surface area contributed by atoms with Gasteiger partial charge in [0.05, 0.1) is 11.3 Å². The molecule has 3 N–H and O–H groups in total. The lowest BCUT2D eigenvalue weighted by Gasteiger charge is -2.13. The molecular weight excluding hydrogens is 490 g/mol. The number of hydrazine groups is 1. The average molecular weight is 510 g/mol. The van der Waals surface area contributed by atoms with Gasteiger partial charge in [0.1, 0.15) is 5.76 Å². The number of hydrogen-bond acceptors (Lipinski definition) is 6. The van der Waals surface area contributed by atoms with Crippen LogP contribution in [0.15, 0.2) is 62.8 Å². The summed E-state index contributed by atoms with van der Waals surface area (Å²) in [5, 5.41) is 4.29. The first-order valence-electron chi connectivity index (χ1n) is 10.2. The molecular formula is C23H20BrN5O4. The molecule has 0 spiro atoms. The van der Waals surface area contributed by atoms with E-state index in [1.807, 2.05) is 0 Å². The third-order valence-corrected chi connectivity index (χ3v) is 5.87. The van der Waals surface area contributed by atoms with E-state index in [9.17, 15) is 14.4 Å². The van der Waals surface area contributed by atoms with Crippen molar-refractivity contribution >= 4 is 39.4 Å². The standard InChI is InChI=1S/C23H20BrN5O4/c1-13-19-17(26-27-21(30)14-9-11-25-12-10-14)7-4-8-18(19)33-20(13)23(32)29-28-22(31)15-5-2-3-6-16(15)24/h2-3,5-6,9-12H,4,7-8H2,1H3,(H,27,30)(H,28,31)(H,29,32)/b26-17+. The molecule has 1 aliphatic carbocycles. The number of hydrazone groups is 1. The molecule has 0 atom stereocenters. The van der Waals surface area contributed by atoms with Gasteiger partial charge in [-0.05, 0) is 60.0 Å². The molecule has 33 heavy (non-hydrogen) atoms. The predicted octanol–water partition coefficient (Wildman–Crippen LogP) is 3.29. The van der Waals surface area contributed by atoms with Gasteiger partial charge in [0.25, 0.3) is 11.8 Å². The van der Waals surface area contributed by atoms with Crippen molar-refractivity contribution in [3.63, 3.8) is 0 Å². The minimum absolute atomic E-state index is 0.0856. The Morgan fingerprint density at radius 1 is 1.00 bits per heavy atom. The molecule has 1 aromatic carbocycles. The van der Waals surface area contributed by atoms with Crippen LogP contribution in [0.2, 0.25) is 0 Å². The van der Waals surface area contributed by atoms with Crippen LogP contribution in [0.4, 0.5) is 0 Å².